The summed E-state index contributed by atoms with van der Waals surface area (Å²) in [5.74, 6) is 1.57. The number of anilines is 2. The predicted molar refractivity (Wildman–Crippen MR) is 106 cm³/mol. The highest BCUT2D eigenvalue weighted by Crippen LogP contribution is 2.37. The fourth-order valence-electron chi connectivity index (χ4n) is 3.49. The zero-order valence-corrected chi connectivity index (χ0v) is 16.3. The van der Waals surface area contributed by atoms with Gasteiger partial charge in [-0.3, -0.25) is 9.59 Å². The molecule has 2 aromatic rings. The smallest absolute Gasteiger partial charge is 0.229 e. The van der Waals surface area contributed by atoms with Crippen molar-refractivity contribution < 1.29 is 28.5 Å². The van der Waals surface area contributed by atoms with Crippen molar-refractivity contribution in [3.63, 3.8) is 0 Å². The van der Waals surface area contributed by atoms with Crippen molar-refractivity contribution in [2.45, 2.75) is 6.42 Å². The van der Waals surface area contributed by atoms with Gasteiger partial charge < -0.3 is 29.2 Å². The molecule has 4 rings (SSSR count). The van der Waals surface area contributed by atoms with E-state index in [0.29, 0.717) is 47.6 Å². The first-order valence-corrected chi connectivity index (χ1v) is 9.32. The van der Waals surface area contributed by atoms with Crippen LogP contribution in [0, 0.1) is 5.92 Å². The maximum atomic E-state index is 12.8. The van der Waals surface area contributed by atoms with Gasteiger partial charge in [0, 0.05) is 30.8 Å². The molecule has 2 aromatic carbocycles. The molecule has 0 bridgehead atoms. The summed E-state index contributed by atoms with van der Waals surface area (Å²) in [5.41, 5.74) is 1.19. The van der Waals surface area contributed by atoms with Gasteiger partial charge in [-0.15, -0.1) is 0 Å². The zero-order chi connectivity index (χ0) is 20.4. The lowest BCUT2D eigenvalue weighted by atomic mass is 10.1. The molecule has 2 heterocycles. The van der Waals surface area contributed by atoms with E-state index < -0.39 is 5.92 Å². The number of nitrogens with one attached hydrogen (secondary N) is 1. The number of rotatable bonds is 5. The molecule has 152 valence electrons. The van der Waals surface area contributed by atoms with Gasteiger partial charge in [-0.25, -0.2) is 0 Å². The average molecular weight is 398 g/mol. The molecule has 8 nitrogen and oxygen atoms in total. The van der Waals surface area contributed by atoms with E-state index in [4.69, 9.17) is 18.9 Å². The normalized spacial score (nSPS) is 17.8. The highest BCUT2D eigenvalue weighted by atomic mass is 16.6. The molecule has 8 heteroatoms. The van der Waals surface area contributed by atoms with E-state index in [1.807, 2.05) is 0 Å². The Labute approximate surface area is 168 Å². The van der Waals surface area contributed by atoms with Crippen molar-refractivity contribution in [2.24, 2.45) is 5.92 Å². The quantitative estimate of drug-likeness (QED) is 0.833. The van der Waals surface area contributed by atoms with Crippen molar-refractivity contribution in [3.05, 3.63) is 36.4 Å². The van der Waals surface area contributed by atoms with E-state index in [2.05, 4.69) is 5.32 Å². The molecule has 0 aliphatic carbocycles. The van der Waals surface area contributed by atoms with Gasteiger partial charge in [0.1, 0.15) is 24.7 Å². The van der Waals surface area contributed by atoms with Gasteiger partial charge in [0.2, 0.25) is 11.8 Å². The van der Waals surface area contributed by atoms with Crippen molar-refractivity contribution in [1.29, 1.82) is 0 Å². The van der Waals surface area contributed by atoms with Crippen LogP contribution in [0.25, 0.3) is 0 Å². The second-order valence-electron chi connectivity index (χ2n) is 6.79. The molecule has 29 heavy (non-hydrogen) atoms. The minimum Gasteiger partial charge on any atom is -0.497 e. The Bertz CT molecular complexity index is 945. The zero-order valence-electron chi connectivity index (χ0n) is 16.3. The molecule has 0 radical (unpaired) electrons. The van der Waals surface area contributed by atoms with Crippen LogP contribution in [0.5, 0.6) is 23.0 Å². The van der Waals surface area contributed by atoms with Crippen LogP contribution in [0.15, 0.2) is 36.4 Å². The fourth-order valence-corrected chi connectivity index (χ4v) is 3.49. The number of ether oxygens (including phenoxy) is 4. The van der Waals surface area contributed by atoms with Gasteiger partial charge in [0.25, 0.3) is 0 Å². The number of benzene rings is 2. The van der Waals surface area contributed by atoms with Crippen LogP contribution in [-0.2, 0) is 9.59 Å². The summed E-state index contributed by atoms with van der Waals surface area (Å²) in [5, 5.41) is 2.87. The highest BCUT2D eigenvalue weighted by molar-refractivity contribution is 6.04. The molecule has 2 aliphatic heterocycles. The number of hydrogen-bond acceptors (Lipinski definition) is 6. The lowest BCUT2D eigenvalue weighted by molar-refractivity contribution is -0.122. The molecule has 1 fully saturated rings. The Morgan fingerprint density at radius 2 is 1.86 bits per heavy atom. The first kappa shape index (κ1) is 18.9. The van der Waals surface area contributed by atoms with Gasteiger partial charge in [0.15, 0.2) is 11.5 Å². The molecule has 1 saturated heterocycles. The number of amides is 2. The van der Waals surface area contributed by atoms with Gasteiger partial charge in [-0.1, -0.05) is 0 Å². The largest absolute Gasteiger partial charge is 0.497 e. The van der Waals surface area contributed by atoms with Gasteiger partial charge >= 0.3 is 0 Å². The van der Waals surface area contributed by atoms with Crippen LogP contribution in [0.3, 0.4) is 0 Å². The minimum absolute atomic E-state index is 0.122. The summed E-state index contributed by atoms with van der Waals surface area (Å²) in [6.45, 7) is 1.24. The summed E-state index contributed by atoms with van der Waals surface area (Å²) in [6.07, 6.45) is 0.122. The van der Waals surface area contributed by atoms with Crippen LogP contribution < -0.4 is 29.2 Å². The Morgan fingerprint density at radius 1 is 1.07 bits per heavy atom. The molecule has 2 aliphatic rings. The Kier molecular flexibility index (Phi) is 5.16. The third kappa shape index (κ3) is 3.78. The van der Waals surface area contributed by atoms with Crippen molar-refractivity contribution in [1.82, 2.24) is 0 Å². The number of carbonyl (C=O) groups excluding carboxylic acids is 2. The summed E-state index contributed by atoms with van der Waals surface area (Å²) in [6, 6.07) is 10.5. The molecule has 0 aromatic heterocycles. The van der Waals surface area contributed by atoms with Crippen LogP contribution in [0.2, 0.25) is 0 Å². The molecule has 0 spiro atoms. The molecular weight excluding hydrogens is 376 g/mol. The van der Waals surface area contributed by atoms with E-state index >= 15 is 0 Å². The minimum atomic E-state index is -0.480. The Balaban J connectivity index is 1.48. The molecule has 2 amide bonds. The topological polar surface area (TPSA) is 86.3 Å². The average Bonchev–Trinajstić information content (AvgIpc) is 3.14. The van der Waals surface area contributed by atoms with E-state index in [1.54, 1.807) is 48.4 Å². The van der Waals surface area contributed by atoms with E-state index in [0.717, 1.165) is 0 Å². The van der Waals surface area contributed by atoms with Gasteiger partial charge in [0.05, 0.1) is 25.8 Å². The number of fused-ring (bicyclic) bond motifs is 1. The van der Waals surface area contributed by atoms with Gasteiger partial charge in [-0.05, 0) is 24.3 Å². The first-order chi connectivity index (χ1) is 14.1. The maximum Gasteiger partial charge on any atom is 0.229 e. The number of hydrogen-bond donors (Lipinski definition) is 1. The standard InChI is InChI=1S/C21H22N2O6/c1-26-15-4-6-17(27-2)16(11-15)23-12-13(9-20(23)24)21(25)22-14-3-5-18-19(10-14)29-8-7-28-18/h3-6,10-11,13H,7-9,12H2,1-2H3,(H,22,25)/t13-/m0/s1. The van der Waals surface area contributed by atoms with Crippen molar-refractivity contribution in [2.75, 3.05) is 44.2 Å². The Hall–Kier alpha value is -3.42. The van der Waals surface area contributed by atoms with Crippen LogP contribution >= 0.6 is 0 Å². The number of nitrogens with zero attached hydrogens (tertiary/aromatic N) is 1. The lowest BCUT2D eigenvalue weighted by Crippen LogP contribution is -2.28. The van der Waals surface area contributed by atoms with Crippen LogP contribution in [0.4, 0.5) is 11.4 Å². The summed E-state index contributed by atoms with van der Waals surface area (Å²) < 4.78 is 21.7. The molecule has 1 atom stereocenters. The Morgan fingerprint density at radius 3 is 2.62 bits per heavy atom. The number of carbonyl (C=O) groups is 2. The lowest BCUT2D eigenvalue weighted by Gasteiger charge is -2.21. The van der Waals surface area contributed by atoms with Crippen molar-refractivity contribution >= 4 is 23.2 Å². The van der Waals surface area contributed by atoms with Crippen LogP contribution in [0.1, 0.15) is 6.42 Å². The maximum absolute atomic E-state index is 12.8. The summed E-state index contributed by atoms with van der Waals surface area (Å²) in [7, 11) is 3.10. The van der Waals surface area contributed by atoms with E-state index in [-0.39, 0.29) is 24.8 Å². The van der Waals surface area contributed by atoms with Gasteiger partial charge in [-0.2, -0.15) is 0 Å². The fraction of sp³-hybridized carbons (Fsp3) is 0.333. The summed E-state index contributed by atoms with van der Waals surface area (Å²) >= 11 is 0. The molecule has 0 unspecified atom stereocenters. The molecule has 1 N–H and O–H groups in total. The third-order valence-electron chi connectivity index (χ3n) is 4.98. The third-order valence-corrected chi connectivity index (χ3v) is 4.98. The summed E-state index contributed by atoms with van der Waals surface area (Å²) in [4.78, 5) is 26.9. The molecule has 0 saturated carbocycles. The molecular formula is C21H22N2O6. The second-order valence-corrected chi connectivity index (χ2v) is 6.79. The van der Waals surface area contributed by atoms with E-state index in [9.17, 15) is 9.59 Å². The number of methoxy groups -OCH3 is 2. The van der Waals surface area contributed by atoms with E-state index in [1.165, 1.54) is 7.11 Å². The first-order valence-electron chi connectivity index (χ1n) is 9.32. The highest BCUT2D eigenvalue weighted by Gasteiger charge is 2.36. The predicted octanol–water partition coefficient (Wildman–Crippen LogP) is 2.47. The van der Waals surface area contributed by atoms with Crippen molar-refractivity contribution in [3.8, 4) is 23.0 Å². The monoisotopic (exact) mass is 398 g/mol. The SMILES string of the molecule is COc1ccc(OC)c(N2C[C@@H](C(=O)Nc3ccc4c(c3)OCCO4)CC2=O)c1. The second kappa shape index (κ2) is 7.90. The van der Waals surface area contributed by atoms with Crippen LogP contribution in [-0.4, -0.2) is 45.8 Å².